The summed E-state index contributed by atoms with van der Waals surface area (Å²) in [5.74, 6) is 0. The van der Waals surface area contributed by atoms with Crippen molar-refractivity contribution in [3.8, 4) is 0 Å². The second-order valence-electron chi connectivity index (χ2n) is 8.54. The Kier molecular flexibility index (Phi) is 5.33. The standard InChI is InChI=1S/C32H24N2/c1-3-11-27-23(9-1)19-25(29-13-5-7-15-31(27)29)21-33-17-18-34-22-26-20-24-10-2-4-12-28(24)32-16-8-6-14-30(26)32/h1-16,19-22H,17-18H2. The average molecular weight is 437 g/mol. The van der Waals surface area contributed by atoms with Crippen LogP contribution in [0.5, 0.6) is 0 Å². The number of hydrogen-bond donors (Lipinski definition) is 0. The van der Waals surface area contributed by atoms with Gasteiger partial charge in [-0.15, -0.1) is 0 Å². The Morgan fingerprint density at radius 1 is 0.412 bits per heavy atom. The lowest BCUT2D eigenvalue weighted by Gasteiger charge is -2.07. The van der Waals surface area contributed by atoms with E-state index in [2.05, 4.69) is 109 Å². The smallest absolute Gasteiger partial charge is 0.0585 e. The van der Waals surface area contributed by atoms with E-state index < -0.39 is 0 Å². The largest absolute Gasteiger partial charge is 0.291 e. The van der Waals surface area contributed by atoms with E-state index in [-0.39, 0.29) is 0 Å². The molecule has 2 nitrogen and oxygen atoms in total. The summed E-state index contributed by atoms with van der Waals surface area (Å²) < 4.78 is 0. The van der Waals surface area contributed by atoms with Crippen molar-refractivity contribution in [3.05, 3.63) is 120 Å². The number of rotatable bonds is 5. The number of benzene rings is 6. The molecule has 34 heavy (non-hydrogen) atoms. The Morgan fingerprint density at radius 2 is 0.765 bits per heavy atom. The highest BCUT2D eigenvalue weighted by Gasteiger charge is 2.05. The van der Waals surface area contributed by atoms with Crippen molar-refractivity contribution in [3.63, 3.8) is 0 Å². The van der Waals surface area contributed by atoms with Gasteiger partial charge in [0, 0.05) is 23.6 Å². The topological polar surface area (TPSA) is 24.7 Å². The van der Waals surface area contributed by atoms with Crippen LogP contribution in [-0.4, -0.2) is 25.5 Å². The first-order valence-electron chi connectivity index (χ1n) is 11.7. The van der Waals surface area contributed by atoms with Crippen LogP contribution in [0.4, 0.5) is 0 Å². The lowest BCUT2D eigenvalue weighted by molar-refractivity contribution is 0.985. The molecule has 0 N–H and O–H groups in total. The monoisotopic (exact) mass is 436 g/mol. The summed E-state index contributed by atoms with van der Waals surface area (Å²) in [6, 6.07) is 38.6. The summed E-state index contributed by atoms with van der Waals surface area (Å²) in [6.45, 7) is 1.31. The zero-order chi connectivity index (χ0) is 22.7. The summed E-state index contributed by atoms with van der Waals surface area (Å²) in [5.41, 5.74) is 2.30. The van der Waals surface area contributed by atoms with Crippen LogP contribution in [0.15, 0.2) is 119 Å². The fourth-order valence-electron chi connectivity index (χ4n) is 4.82. The molecule has 0 unspecified atom stereocenters. The fraction of sp³-hybridized carbons (Fsp3) is 0.0625. The van der Waals surface area contributed by atoms with Crippen LogP contribution in [0.25, 0.3) is 43.1 Å². The molecule has 0 atom stereocenters. The van der Waals surface area contributed by atoms with Crippen molar-refractivity contribution in [1.82, 2.24) is 0 Å². The average Bonchev–Trinajstić information content (AvgIpc) is 2.90. The van der Waals surface area contributed by atoms with Gasteiger partial charge in [0.2, 0.25) is 0 Å². The van der Waals surface area contributed by atoms with Gasteiger partial charge in [0.1, 0.15) is 0 Å². The first kappa shape index (κ1) is 20.3. The maximum absolute atomic E-state index is 4.70. The van der Waals surface area contributed by atoms with Gasteiger partial charge >= 0.3 is 0 Å². The molecule has 0 aliphatic carbocycles. The Balaban J connectivity index is 1.24. The van der Waals surface area contributed by atoms with Crippen molar-refractivity contribution in [2.75, 3.05) is 13.1 Å². The minimum atomic E-state index is 0.656. The highest BCUT2D eigenvalue weighted by molar-refractivity contribution is 6.15. The molecule has 0 aromatic heterocycles. The maximum Gasteiger partial charge on any atom is 0.0585 e. The third-order valence-electron chi connectivity index (χ3n) is 6.42. The van der Waals surface area contributed by atoms with E-state index in [1.54, 1.807) is 0 Å². The van der Waals surface area contributed by atoms with Crippen molar-refractivity contribution in [2.45, 2.75) is 0 Å². The van der Waals surface area contributed by atoms with E-state index >= 15 is 0 Å². The molecule has 6 aromatic carbocycles. The molecule has 0 aliphatic rings. The molecule has 6 rings (SSSR count). The Bertz CT molecular complexity index is 1580. The number of nitrogens with zero attached hydrogens (tertiary/aromatic N) is 2. The Morgan fingerprint density at radius 3 is 1.21 bits per heavy atom. The van der Waals surface area contributed by atoms with Crippen LogP contribution in [0.1, 0.15) is 11.1 Å². The number of aliphatic imine (C=N–C) groups is 2. The molecule has 0 heterocycles. The molecule has 0 saturated carbocycles. The van der Waals surface area contributed by atoms with Gasteiger partial charge in [0.15, 0.2) is 0 Å². The third kappa shape index (κ3) is 3.74. The van der Waals surface area contributed by atoms with E-state index in [1.165, 1.54) is 43.1 Å². The number of hydrogen-bond acceptors (Lipinski definition) is 2. The van der Waals surface area contributed by atoms with E-state index in [1.807, 2.05) is 12.4 Å². The van der Waals surface area contributed by atoms with Gasteiger partial charge < -0.3 is 0 Å². The molecule has 0 bridgehead atoms. The zero-order valence-electron chi connectivity index (χ0n) is 18.9. The molecule has 0 saturated heterocycles. The van der Waals surface area contributed by atoms with Crippen LogP contribution in [0.3, 0.4) is 0 Å². The van der Waals surface area contributed by atoms with Crippen LogP contribution in [0.2, 0.25) is 0 Å². The van der Waals surface area contributed by atoms with Gasteiger partial charge in [-0.1, -0.05) is 97.1 Å². The lowest BCUT2D eigenvalue weighted by atomic mass is 9.98. The predicted octanol–water partition coefficient (Wildman–Crippen LogP) is 7.84. The van der Waals surface area contributed by atoms with Crippen LogP contribution in [0, 0.1) is 0 Å². The van der Waals surface area contributed by atoms with E-state index in [9.17, 15) is 0 Å². The fourth-order valence-corrected chi connectivity index (χ4v) is 4.82. The molecule has 0 aliphatic heterocycles. The second kappa shape index (κ2) is 8.92. The third-order valence-corrected chi connectivity index (χ3v) is 6.42. The minimum Gasteiger partial charge on any atom is -0.291 e. The van der Waals surface area contributed by atoms with Gasteiger partial charge in [-0.05, 0) is 55.2 Å². The highest BCUT2D eigenvalue weighted by atomic mass is 14.8. The lowest BCUT2D eigenvalue weighted by Crippen LogP contribution is -1.93. The summed E-state index contributed by atoms with van der Waals surface area (Å²) in [5, 5.41) is 10.0. The molecule has 0 spiro atoms. The van der Waals surface area contributed by atoms with Gasteiger partial charge in [-0.3, -0.25) is 9.98 Å². The van der Waals surface area contributed by atoms with Gasteiger partial charge in [0.25, 0.3) is 0 Å². The Hall–Kier alpha value is -4.30. The molecule has 0 radical (unpaired) electrons. The normalized spacial score (nSPS) is 12.1. The van der Waals surface area contributed by atoms with Crippen molar-refractivity contribution < 1.29 is 0 Å². The van der Waals surface area contributed by atoms with Gasteiger partial charge in [-0.2, -0.15) is 0 Å². The number of fused-ring (bicyclic) bond motifs is 6. The summed E-state index contributed by atoms with van der Waals surface area (Å²) in [4.78, 5) is 9.41. The maximum atomic E-state index is 4.70. The van der Waals surface area contributed by atoms with E-state index in [0.29, 0.717) is 13.1 Å². The molecule has 0 fully saturated rings. The molecule has 6 aromatic rings. The molecule has 2 heteroatoms. The summed E-state index contributed by atoms with van der Waals surface area (Å²) in [6.07, 6.45) is 3.99. The molecular weight excluding hydrogens is 412 g/mol. The van der Waals surface area contributed by atoms with Gasteiger partial charge in [-0.25, -0.2) is 0 Å². The van der Waals surface area contributed by atoms with Crippen LogP contribution in [-0.2, 0) is 0 Å². The van der Waals surface area contributed by atoms with Crippen LogP contribution < -0.4 is 0 Å². The predicted molar refractivity (Wildman–Crippen MR) is 148 cm³/mol. The molecular formula is C32H24N2. The summed E-state index contributed by atoms with van der Waals surface area (Å²) >= 11 is 0. The summed E-state index contributed by atoms with van der Waals surface area (Å²) in [7, 11) is 0. The van der Waals surface area contributed by atoms with E-state index in [0.717, 1.165) is 11.1 Å². The van der Waals surface area contributed by atoms with Crippen molar-refractivity contribution >= 4 is 55.5 Å². The van der Waals surface area contributed by atoms with Crippen molar-refractivity contribution in [2.24, 2.45) is 9.98 Å². The second-order valence-corrected chi connectivity index (χ2v) is 8.54. The minimum absolute atomic E-state index is 0.656. The first-order valence-corrected chi connectivity index (χ1v) is 11.7. The zero-order valence-corrected chi connectivity index (χ0v) is 18.9. The quantitative estimate of drug-likeness (QED) is 0.149. The van der Waals surface area contributed by atoms with Crippen molar-refractivity contribution in [1.29, 1.82) is 0 Å². The molecule has 162 valence electrons. The molecule has 0 amide bonds. The van der Waals surface area contributed by atoms with Gasteiger partial charge in [0.05, 0.1) is 13.1 Å². The first-order chi connectivity index (χ1) is 16.9. The van der Waals surface area contributed by atoms with Crippen LogP contribution >= 0.6 is 0 Å². The SMILES string of the molecule is C(=NCCN=Cc1cc2ccccc2c2ccccc12)c1cc2ccccc2c2ccccc12. The highest BCUT2D eigenvalue weighted by Crippen LogP contribution is 2.29. The Labute approximate surface area is 198 Å². The van der Waals surface area contributed by atoms with E-state index in [4.69, 9.17) is 9.98 Å².